The summed E-state index contributed by atoms with van der Waals surface area (Å²) in [6.45, 7) is 1.63. The van der Waals surface area contributed by atoms with Crippen LogP contribution in [0.2, 0.25) is 10.0 Å². The van der Waals surface area contributed by atoms with Gasteiger partial charge in [0.05, 0.1) is 17.4 Å². The molecule has 1 aliphatic heterocycles. The molecule has 2 aromatic carbocycles. The van der Waals surface area contributed by atoms with E-state index in [1.54, 1.807) is 73.3 Å². The Kier molecular flexibility index (Phi) is 6.52. The van der Waals surface area contributed by atoms with Gasteiger partial charge < -0.3 is 10.6 Å². The predicted octanol–water partition coefficient (Wildman–Crippen LogP) is 5.90. The fourth-order valence-corrected chi connectivity index (χ4v) is 4.92. The predicted molar refractivity (Wildman–Crippen MR) is 138 cm³/mol. The summed E-state index contributed by atoms with van der Waals surface area (Å²) in [5.41, 5.74) is 0.584. The highest BCUT2D eigenvalue weighted by molar-refractivity contribution is 6.36. The fraction of sp³-hybridized carbons (Fsp3) is 0.240. The molecule has 4 aromatic rings. The van der Waals surface area contributed by atoms with Crippen molar-refractivity contribution in [1.29, 1.82) is 0 Å². The van der Waals surface area contributed by atoms with E-state index in [0.717, 1.165) is 0 Å². The van der Waals surface area contributed by atoms with Crippen molar-refractivity contribution < 1.29 is 18.0 Å². The summed E-state index contributed by atoms with van der Waals surface area (Å²) in [4.78, 5) is 26.4. The summed E-state index contributed by atoms with van der Waals surface area (Å²) >= 11 is 12.4. The minimum absolute atomic E-state index is 0.0391. The first-order valence-corrected chi connectivity index (χ1v) is 12.2. The number of amides is 1. The largest absolute Gasteiger partial charge is 0.410 e. The fourth-order valence-electron chi connectivity index (χ4n) is 4.53. The number of fused-ring (bicyclic) bond motifs is 1. The highest BCUT2D eigenvalue weighted by atomic mass is 35.5. The second-order valence-electron chi connectivity index (χ2n) is 8.89. The van der Waals surface area contributed by atoms with Crippen LogP contribution >= 0.6 is 23.2 Å². The molecule has 0 saturated heterocycles. The number of nitrogens with one attached hydrogen (secondary N) is 2. The number of halogens is 5. The number of carbonyl (C=O) groups is 1. The van der Waals surface area contributed by atoms with Gasteiger partial charge in [0.25, 0.3) is 11.5 Å². The van der Waals surface area contributed by atoms with Crippen molar-refractivity contribution in [2.24, 2.45) is 7.05 Å². The minimum Gasteiger partial charge on any atom is -0.362 e. The molecule has 13 heteroatoms. The number of rotatable bonds is 4. The SMILES string of the molecule is Cc1c(NC(=O)c2nn3c(c2Cl)NC(c2ccc(Cl)cc2)CC3C(F)(F)F)c(=O)n(-c2ccccc2)n1C. The van der Waals surface area contributed by atoms with E-state index in [9.17, 15) is 22.8 Å². The van der Waals surface area contributed by atoms with Gasteiger partial charge in [-0.1, -0.05) is 53.5 Å². The van der Waals surface area contributed by atoms with Gasteiger partial charge in [-0.2, -0.15) is 18.3 Å². The maximum atomic E-state index is 14.1. The summed E-state index contributed by atoms with van der Waals surface area (Å²) in [6, 6.07) is 12.4. The third kappa shape index (κ3) is 4.45. The van der Waals surface area contributed by atoms with Crippen LogP contribution in [0.25, 0.3) is 5.69 Å². The Labute approximate surface area is 224 Å². The molecule has 0 bridgehead atoms. The molecule has 2 N–H and O–H groups in total. The summed E-state index contributed by atoms with van der Waals surface area (Å²) in [7, 11) is 1.65. The topological polar surface area (TPSA) is 85.9 Å². The quantitative estimate of drug-likeness (QED) is 0.323. The van der Waals surface area contributed by atoms with Crippen LogP contribution < -0.4 is 16.2 Å². The number of nitrogens with zero attached hydrogens (tertiary/aromatic N) is 4. The first-order valence-electron chi connectivity index (χ1n) is 11.5. The molecule has 1 aliphatic rings. The lowest BCUT2D eigenvalue weighted by atomic mass is 9.97. The number of aromatic nitrogens is 4. The van der Waals surface area contributed by atoms with Crippen molar-refractivity contribution >= 4 is 40.6 Å². The van der Waals surface area contributed by atoms with Crippen LogP contribution in [0.1, 0.15) is 40.3 Å². The van der Waals surface area contributed by atoms with E-state index in [4.69, 9.17) is 23.2 Å². The lowest BCUT2D eigenvalue weighted by Gasteiger charge is -2.33. The van der Waals surface area contributed by atoms with Crippen LogP contribution in [0.15, 0.2) is 59.4 Å². The number of hydrogen-bond acceptors (Lipinski definition) is 4. The maximum Gasteiger partial charge on any atom is 0.410 e. The van der Waals surface area contributed by atoms with E-state index in [-0.39, 0.29) is 22.9 Å². The number of hydrogen-bond donors (Lipinski definition) is 2. The molecule has 2 atom stereocenters. The summed E-state index contributed by atoms with van der Waals surface area (Å²) in [6.07, 6.45) is -5.04. The van der Waals surface area contributed by atoms with Gasteiger partial charge in [-0.05, 0) is 36.8 Å². The van der Waals surface area contributed by atoms with Crippen LogP contribution in [-0.2, 0) is 7.05 Å². The Balaban J connectivity index is 1.51. The Morgan fingerprint density at radius 1 is 1.11 bits per heavy atom. The van der Waals surface area contributed by atoms with Gasteiger partial charge >= 0.3 is 6.18 Å². The van der Waals surface area contributed by atoms with Crippen LogP contribution in [0.4, 0.5) is 24.7 Å². The summed E-state index contributed by atoms with van der Waals surface area (Å²) in [5.74, 6) is -1.05. The Hall–Kier alpha value is -3.70. The van der Waals surface area contributed by atoms with Crippen molar-refractivity contribution in [2.45, 2.75) is 31.6 Å². The van der Waals surface area contributed by atoms with E-state index in [1.165, 1.54) is 4.68 Å². The molecule has 0 spiro atoms. The second-order valence-corrected chi connectivity index (χ2v) is 9.70. The molecule has 8 nitrogen and oxygen atoms in total. The third-order valence-electron chi connectivity index (χ3n) is 6.58. The number of anilines is 2. The van der Waals surface area contributed by atoms with Gasteiger partial charge in [0.1, 0.15) is 16.5 Å². The summed E-state index contributed by atoms with van der Waals surface area (Å²) < 4.78 is 45.8. The second kappa shape index (κ2) is 9.55. The van der Waals surface area contributed by atoms with Crippen molar-refractivity contribution in [3.05, 3.63) is 91.9 Å². The molecular formula is C25H21Cl2F3N6O2. The molecule has 0 aliphatic carbocycles. The molecule has 0 saturated carbocycles. The zero-order chi connectivity index (χ0) is 27.4. The normalized spacial score (nSPS) is 17.1. The number of para-hydroxylation sites is 1. The average molecular weight is 565 g/mol. The smallest absolute Gasteiger partial charge is 0.362 e. The minimum atomic E-state index is -4.66. The van der Waals surface area contributed by atoms with Gasteiger partial charge in [-0.25, -0.2) is 9.36 Å². The first kappa shape index (κ1) is 25.9. The van der Waals surface area contributed by atoms with Crippen molar-refractivity contribution in [3.63, 3.8) is 0 Å². The van der Waals surface area contributed by atoms with Crippen molar-refractivity contribution in [1.82, 2.24) is 19.1 Å². The number of alkyl halides is 3. The van der Waals surface area contributed by atoms with E-state index < -0.39 is 35.4 Å². The van der Waals surface area contributed by atoms with E-state index >= 15 is 0 Å². The molecule has 2 aromatic heterocycles. The monoisotopic (exact) mass is 564 g/mol. The molecular weight excluding hydrogens is 544 g/mol. The molecule has 2 unspecified atom stereocenters. The van der Waals surface area contributed by atoms with E-state index in [2.05, 4.69) is 15.7 Å². The van der Waals surface area contributed by atoms with Crippen LogP contribution in [0, 0.1) is 6.92 Å². The molecule has 0 radical (unpaired) electrons. The van der Waals surface area contributed by atoms with Crippen LogP contribution in [-0.4, -0.2) is 31.2 Å². The van der Waals surface area contributed by atoms with Crippen LogP contribution in [0.5, 0.6) is 0 Å². The zero-order valence-electron chi connectivity index (χ0n) is 20.1. The highest BCUT2D eigenvalue weighted by Gasteiger charge is 2.48. The zero-order valence-corrected chi connectivity index (χ0v) is 21.6. The van der Waals surface area contributed by atoms with Crippen molar-refractivity contribution in [3.8, 4) is 5.69 Å². The van der Waals surface area contributed by atoms with Gasteiger partial charge in [0.15, 0.2) is 11.7 Å². The lowest BCUT2D eigenvalue weighted by molar-refractivity contribution is -0.173. The highest BCUT2D eigenvalue weighted by Crippen LogP contribution is 2.46. The Bertz CT molecular complexity index is 1580. The van der Waals surface area contributed by atoms with Gasteiger partial charge in [-0.15, -0.1) is 0 Å². The standard InChI is InChI=1S/C25H21Cl2F3N6O2/c1-13-20(24(38)36(34(13)2)16-6-4-3-5-7-16)32-23(37)21-19(27)22-31-17(14-8-10-15(26)11-9-14)12-18(25(28,29)30)35(22)33-21/h3-11,17-18,31H,12H2,1-2H3,(H,32,37). The Morgan fingerprint density at radius 2 is 1.76 bits per heavy atom. The number of carbonyl (C=O) groups excluding carboxylic acids is 1. The average Bonchev–Trinajstić information content (AvgIpc) is 3.32. The van der Waals surface area contributed by atoms with E-state index in [0.29, 0.717) is 26.6 Å². The molecule has 198 valence electrons. The lowest BCUT2D eigenvalue weighted by Crippen LogP contribution is -2.35. The van der Waals surface area contributed by atoms with Gasteiger partial charge in [0, 0.05) is 18.5 Å². The molecule has 3 heterocycles. The summed E-state index contributed by atoms with van der Waals surface area (Å²) in [5, 5.41) is 9.57. The third-order valence-corrected chi connectivity index (χ3v) is 7.19. The van der Waals surface area contributed by atoms with E-state index in [1.807, 2.05) is 0 Å². The van der Waals surface area contributed by atoms with Crippen LogP contribution in [0.3, 0.4) is 0 Å². The molecule has 1 amide bonds. The Morgan fingerprint density at radius 3 is 2.39 bits per heavy atom. The molecule has 0 fully saturated rings. The molecule has 5 rings (SSSR count). The number of benzene rings is 2. The molecule has 38 heavy (non-hydrogen) atoms. The van der Waals surface area contributed by atoms with Gasteiger partial charge in [0.2, 0.25) is 0 Å². The van der Waals surface area contributed by atoms with Crippen molar-refractivity contribution in [2.75, 3.05) is 10.6 Å². The first-order chi connectivity index (χ1) is 18.0. The maximum absolute atomic E-state index is 14.1. The van der Waals surface area contributed by atoms with Gasteiger partial charge in [-0.3, -0.25) is 14.3 Å².